The molecule has 0 aromatic carbocycles. The van der Waals surface area contributed by atoms with Gasteiger partial charge in [-0.05, 0) is 12.3 Å². The molecule has 1 rings (SSSR count). The smallest absolute Gasteiger partial charge is 0.325 e. The van der Waals surface area contributed by atoms with E-state index in [0.717, 1.165) is 5.69 Å². The lowest BCUT2D eigenvalue weighted by atomic mass is 10.5. The fraction of sp³-hybridized carbons (Fsp3) is 0.286. The molecule has 2 N–H and O–H groups in total. The lowest BCUT2D eigenvalue weighted by Gasteiger charge is -1.97. The topological polar surface area (TPSA) is 78.3 Å². The Bertz CT molecular complexity index is 308. The number of aromatic amines is 1. The van der Waals surface area contributed by atoms with Crippen LogP contribution in [0, 0.1) is 0 Å². The van der Waals surface area contributed by atoms with Crippen LogP contribution in [-0.2, 0) is 4.79 Å². The minimum absolute atomic E-state index is 0.213. The monoisotopic (exact) mass is 199 g/mol. The fourth-order valence-electron chi connectivity index (χ4n) is 0.774. The van der Waals surface area contributed by atoms with Crippen molar-refractivity contribution in [2.24, 2.45) is 4.99 Å². The maximum absolute atomic E-state index is 10.2. The van der Waals surface area contributed by atoms with E-state index in [1.54, 1.807) is 12.3 Å². The number of H-pyrrole nitrogens is 1. The number of hydrogen-bond acceptors (Lipinski definition) is 4. The number of carboxylic acids is 1. The van der Waals surface area contributed by atoms with E-state index in [4.69, 9.17) is 5.11 Å². The third-order valence-corrected chi connectivity index (χ3v) is 2.02. The third-order valence-electron chi connectivity index (χ3n) is 1.28. The van der Waals surface area contributed by atoms with Gasteiger partial charge in [0.15, 0.2) is 0 Å². The zero-order chi connectivity index (χ0) is 9.68. The number of carboxylic acid groups (broad SMARTS) is 1. The van der Waals surface area contributed by atoms with Crippen molar-refractivity contribution in [3.05, 3.63) is 18.0 Å². The first-order valence-electron chi connectivity index (χ1n) is 3.54. The van der Waals surface area contributed by atoms with Crippen molar-refractivity contribution >= 4 is 22.8 Å². The molecule has 70 valence electrons. The van der Waals surface area contributed by atoms with Crippen LogP contribution in [0.1, 0.15) is 5.69 Å². The van der Waals surface area contributed by atoms with Crippen LogP contribution in [0.2, 0.25) is 0 Å². The summed E-state index contributed by atoms with van der Waals surface area (Å²) in [7, 11) is 0. The molecule has 0 aliphatic rings. The number of thioether (sulfide) groups is 1. The van der Waals surface area contributed by atoms with Crippen molar-refractivity contribution in [3.8, 4) is 0 Å². The van der Waals surface area contributed by atoms with Crippen LogP contribution in [0.4, 0.5) is 0 Å². The number of rotatable bonds is 3. The van der Waals surface area contributed by atoms with Crippen LogP contribution in [0.5, 0.6) is 0 Å². The second-order valence-electron chi connectivity index (χ2n) is 2.19. The maximum Gasteiger partial charge on any atom is 0.325 e. The van der Waals surface area contributed by atoms with Gasteiger partial charge in [-0.25, -0.2) is 0 Å². The Balaban J connectivity index is 2.73. The van der Waals surface area contributed by atoms with E-state index in [1.807, 2.05) is 6.26 Å². The third kappa shape index (κ3) is 2.90. The number of nitrogens with zero attached hydrogens (tertiary/aromatic N) is 2. The fourth-order valence-corrected chi connectivity index (χ4v) is 1.30. The summed E-state index contributed by atoms with van der Waals surface area (Å²) >= 11 is 1.39. The summed E-state index contributed by atoms with van der Waals surface area (Å²) in [4.78, 5) is 14.1. The van der Waals surface area contributed by atoms with Gasteiger partial charge in [0.05, 0.1) is 5.69 Å². The molecular formula is C7H9N3O2S. The zero-order valence-corrected chi connectivity index (χ0v) is 7.84. The van der Waals surface area contributed by atoms with E-state index in [2.05, 4.69) is 15.2 Å². The molecule has 1 aromatic rings. The maximum atomic E-state index is 10.2. The molecule has 1 heterocycles. The molecule has 13 heavy (non-hydrogen) atoms. The summed E-state index contributed by atoms with van der Waals surface area (Å²) < 4.78 is 0. The molecule has 0 saturated carbocycles. The first-order valence-corrected chi connectivity index (χ1v) is 4.76. The number of aliphatic carboxylic acids is 1. The number of nitrogens with one attached hydrogen (secondary N) is 1. The molecule has 0 saturated heterocycles. The van der Waals surface area contributed by atoms with Gasteiger partial charge < -0.3 is 5.11 Å². The van der Waals surface area contributed by atoms with Gasteiger partial charge in [0.2, 0.25) is 0 Å². The first kappa shape index (κ1) is 9.79. The lowest BCUT2D eigenvalue weighted by molar-refractivity contribution is -0.135. The Labute approximate surface area is 79.3 Å². The number of hydrogen-bond donors (Lipinski definition) is 2. The molecule has 0 aliphatic carbocycles. The summed E-state index contributed by atoms with van der Waals surface area (Å²) in [6.45, 7) is -0.213. The molecule has 0 aliphatic heterocycles. The van der Waals surface area contributed by atoms with E-state index in [-0.39, 0.29) is 6.54 Å². The Hall–Kier alpha value is -1.30. The van der Waals surface area contributed by atoms with Gasteiger partial charge in [-0.15, -0.1) is 11.8 Å². The predicted molar refractivity (Wildman–Crippen MR) is 51.1 cm³/mol. The average molecular weight is 199 g/mol. The highest BCUT2D eigenvalue weighted by Crippen LogP contribution is 2.07. The lowest BCUT2D eigenvalue weighted by Crippen LogP contribution is -2.04. The standard InChI is InChI=1S/C7H9N3O2S/c1-13-7(8-4-6(11)12)5-2-3-9-10-5/h2-3H,4H2,1H3,(H,9,10)(H,11,12). The Kier molecular flexibility index (Phi) is 3.51. The molecule has 5 nitrogen and oxygen atoms in total. The van der Waals surface area contributed by atoms with Gasteiger partial charge in [-0.1, -0.05) is 0 Å². The second kappa shape index (κ2) is 4.66. The SMILES string of the molecule is CSC(=NCC(=O)O)c1ccn[nH]1. The molecule has 0 radical (unpaired) electrons. The van der Waals surface area contributed by atoms with Gasteiger partial charge in [0.1, 0.15) is 11.6 Å². The summed E-state index contributed by atoms with van der Waals surface area (Å²) in [6, 6.07) is 1.75. The highest BCUT2D eigenvalue weighted by molar-refractivity contribution is 8.13. The quantitative estimate of drug-likeness (QED) is 0.552. The average Bonchev–Trinajstić information content (AvgIpc) is 2.58. The largest absolute Gasteiger partial charge is 0.480 e. The zero-order valence-electron chi connectivity index (χ0n) is 7.02. The number of carbonyl (C=O) groups is 1. The van der Waals surface area contributed by atoms with Gasteiger partial charge in [-0.2, -0.15) is 5.10 Å². The molecule has 0 unspecified atom stereocenters. The van der Waals surface area contributed by atoms with Crippen LogP contribution >= 0.6 is 11.8 Å². The van der Waals surface area contributed by atoms with E-state index in [0.29, 0.717) is 5.04 Å². The second-order valence-corrected chi connectivity index (χ2v) is 2.98. The minimum atomic E-state index is -0.939. The van der Waals surface area contributed by atoms with Gasteiger partial charge >= 0.3 is 5.97 Å². The molecule has 0 amide bonds. The number of aliphatic imine (C=N–C) groups is 1. The van der Waals surface area contributed by atoms with Crippen LogP contribution in [0.3, 0.4) is 0 Å². The Morgan fingerprint density at radius 3 is 3.08 bits per heavy atom. The van der Waals surface area contributed by atoms with E-state index in [9.17, 15) is 4.79 Å². The van der Waals surface area contributed by atoms with Crippen molar-refractivity contribution in [2.75, 3.05) is 12.8 Å². The van der Waals surface area contributed by atoms with Crippen molar-refractivity contribution in [2.45, 2.75) is 0 Å². The molecule has 0 spiro atoms. The van der Waals surface area contributed by atoms with E-state index < -0.39 is 5.97 Å². The molecule has 0 atom stereocenters. The van der Waals surface area contributed by atoms with Crippen molar-refractivity contribution in [1.29, 1.82) is 0 Å². The number of aromatic nitrogens is 2. The van der Waals surface area contributed by atoms with Crippen molar-refractivity contribution in [1.82, 2.24) is 10.2 Å². The molecular weight excluding hydrogens is 190 g/mol. The van der Waals surface area contributed by atoms with Gasteiger partial charge in [0.25, 0.3) is 0 Å². The van der Waals surface area contributed by atoms with Crippen LogP contribution in [0.25, 0.3) is 0 Å². The Morgan fingerprint density at radius 1 is 1.85 bits per heavy atom. The van der Waals surface area contributed by atoms with Gasteiger partial charge in [0, 0.05) is 6.20 Å². The van der Waals surface area contributed by atoms with Crippen LogP contribution < -0.4 is 0 Å². The van der Waals surface area contributed by atoms with Crippen molar-refractivity contribution < 1.29 is 9.90 Å². The summed E-state index contributed by atoms with van der Waals surface area (Å²) in [5.41, 5.74) is 0.744. The van der Waals surface area contributed by atoms with Crippen LogP contribution in [-0.4, -0.2) is 39.1 Å². The molecule has 1 aromatic heterocycles. The summed E-state index contributed by atoms with van der Waals surface area (Å²) in [6.07, 6.45) is 3.43. The van der Waals surface area contributed by atoms with E-state index in [1.165, 1.54) is 11.8 Å². The van der Waals surface area contributed by atoms with E-state index >= 15 is 0 Å². The normalized spacial score (nSPS) is 11.6. The van der Waals surface area contributed by atoms with Crippen molar-refractivity contribution in [3.63, 3.8) is 0 Å². The predicted octanol–water partition coefficient (Wildman–Crippen LogP) is 0.604. The highest BCUT2D eigenvalue weighted by Gasteiger charge is 2.03. The molecule has 6 heteroatoms. The first-order chi connectivity index (χ1) is 6.24. The molecule has 0 bridgehead atoms. The van der Waals surface area contributed by atoms with Gasteiger partial charge in [-0.3, -0.25) is 14.9 Å². The highest BCUT2D eigenvalue weighted by atomic mass is 32.2. The minimum Gasteiger partial charge on any atom is -0.480 e. The Morgan fingerprint density at radius 2 is 2.62 bits per heavy atom. The molecule has 0 fully saturated rings. The summed E-state index contributed by atoms with van der Waals surface area (Å²) in [5.74, 6) is -0.939. The summed E-state index contributed by atoms with van der Waals surface area (Å²) in [5, 5.41) is 15.5. The van der Waals surface area contributed by atoms with Crippen LogP contribution in [0.15, 0.2) is 17.3 Å².